The highest BCUT2D eigenvalue weighted by atomic mass is 16.8. The van der Waals surface area contributed by atoms with Crippen molar-refractivity contribution >= 4 is 11.0 Å². The maximum absolute atomic E-state index is 12.8. The predicted octanol–water partition coefficient (Wildman–Crippen LogP) is -0.0413. The van der Waals surface area contributed by atoms with E-state index < -0.39 is 37.0 Å². The van der Waals surface area contributed by atoms with Crippen molar-refractivity contribution in [3.05, 3.63) is 65.0 Å². The normalized spacial score (nSPS) is 29.1. The highest BCUT2D eigenvalue weighted by molar-refractivity contribution is 5.82. The topological polar surface area (TPSA) is 150 Å². The largest absolute Gasteiger partial charge is 0.463 e. The van der Waals surface area contributed by atoms with Gasteiger partial charge in [0, 0.05) is 6.07 Å². The maximum atomic E-state index is 12.8. The maximum Gasteiger partial charge on any atom is 0.355 e. The van der Waals surface area contributed by atoms with Crippen molar-refractivity contribution in [2.45, 2.75) is 30.4 Å². The second kappa shape index (κ2) is 7.80. The molecule has 0 saturated carbocycles. The van der Waals surface area contributed by atoms with Crippen molar-refractivity contribution in [2.24, 2.45) is 0 Å². The molecule has 0 aliphatic carbocycles. The number of aliphatic hydroxyl groups is 5. The van der Waals surface area contributed by atoms with Crippen LogP contribution in [0.1, 0.15) is 0 Å². The van der Waals surface area contributed by atoms with E-state index in [4.69, 9.17) is 13.9 Å². The average molecular weight is 416 g/mol. The van der Waals surface area contributed by atoms with Crippen LogP contribution >= 0.6 is 0 Å². The lowest BCUT2D eigenvalue weighted by Crippen LogP contribution is -2.67. The van der Waals surface area contributed by atoms with Crippen LogP contribution in [0.5, 0.6) is 5.75 Å². The Labute approximate surface area is 170 Å². The minimum atomic E-state index is -2.75. The summed E-state index contributed by atoms with van der Waals surface area (Å²) >= 11 is 0. The Balaban J connectivity index is 1.67. The Morgan fingerprint density at radius 1 is 1.03 bits per heavy atom. The molecule has 2 heterocycles. The number of benzene rings is 2. The zero-order valence-corrected chi connectivity index (χ0v) is 15.6. The number of hydrogen-bond acceptors (Lipinski definition) is 9. The smallest absolute Gasteiger partial charge is 0.355 e. The van der Waals surface area contributed by atoms with Crippen LogP contribution in [0.3, 0.4) is 0 Å². The fourth-order valence-corrected chi connectivity index (χ4v) is 3.37. The van der Waals surface area contributed by atoms with Gasteiger partial charge in [0.1, 0.15) is 35.9 Å². The van der Waals surface area contributed by atoms with Gasteiger partial charge < -0.3 is 39.4 Å². The number of ether oxygens (including phenoxy) is 2. The summed E-state index contributed by atoms with van der Waals surface area (Å²) in [5, 5.41) is 49.9. The molecule has 5 N–H and O–H groups in total. The summed E-state index contributed by atoms with van der Waals surface area (Å²) in [4.78, 5) is 12.8. The summed E-state index contributed by atoms with van der Waals surface area (Å²) in [7, 11) is 0. The molecule has 0 radical (unpaired) electrons. The Bertz CT molecular complexity index is 1090. The minimum absolute atomic E-state index is 0.0417. The molecule has 1 saturated heterocycles. The van der Waals surface area contributed by atoms with E-state index in [1.54, 1.807) is 24.3 Å². The first kappa shape index (κ1) is 20.5. The quantitative estimate of drug-likeness (QED) is 0.369. The van der Waals surface area contributed by atoms with E-state index in [9.17, 15) is 30.3 Å². The van der Waals surface area contributed by atoms with Gasteiger partial charge in [-0.15, -0.1) is 0 Å². The molecule has 9 nitrogen and oxygen atoms in total. The summed E-state index contributed by atoms with van der Waals surface area (Å²) in [6.45, 7) is -0.731. The zero-order chi connectivity index (χ0) is 21.5. The van der Waals surface area contributed by atoms with Crippen molar-refractivity contribution in [3.63, 3.8) is 0 Å². The SMILES string of the molecule is O=c1c(-c2ccccc2)coc2cc(O[C@@]3(O)O[C@@H](CO)[C@H](O)[C@@H](O)[C@@H]3O)ccc12. The van der Waals surface area contributed by atoms with Crippen LogP contribution in [-0.2, 0) is 4.74 Å². The minimum Gasteiger partial charge on any atom is -0.463 e. The second-order valence-electron chi connectivity index (χ2n) is 7.00. The molecule has 5 atom stereocenters. The molecule has 1 fully saturated rings. The van der Waals surface area contributed by atoms with E-state index >= 15 is 0 Å². The van der Waals surface area contributed by atoms with Crippen LogP contribution in [-0.4, -0.2) is 62.5 Å². The number of fused-ring (bicyclic) bond motifs is 1. The second-order valence-corrected chi connectivity index (χ2v) is 7.00. The molecule has 1 aromatic heterocycles. The predicted molar refractivity (Wildman–Crippen MR) is 103 cm³/mol. The summed E-state index contributed by atoms with van der Waals surface area (Å²) in [5.74, 6) is -2.79. The molecule has 2 aromatic carbocycles. The van der Waals surface area contributed by atoms with Crippen molar-refractivity contribution in [2.75, 3.05) is 6.61 Å². The molecule has 9 heteroatoms. The van der Waals surface area contributed by atoms with Crippen LogP contribution in [0.15, 0.2) is 64.0 Å². The summed E-state index contributed by atoms with van der Waals surface area (Å²) in [6, 6.07) is 13.1. The molecule has 30 heavy (non-hydrogen) atoms. The lowest BCUT2D eigenvalue weighted by molar-refractivity contribution is -0.422. The van der Waals surface area contributed by atoms with E-state index in [1.807, 2.05) is 6.07 Å². The molecule has 1 aliphatic rings. The van der Waals surface area contributed by atoms with Crippen molar-refractivity contribution in [1.82, 2.24) is 0 Å². The molecule has 1 aliphatic heterocycles. The zero-order valence-electron chi connectivity index (χ0n) is 15.6. The molecule has 158 valence electrons. The van der Waals surface area contributed by atoms with Gasteiger partial charge in [0.05, 0.1) is 17.6 Å². The van der Waals surface area contributed by atoms with Crippen LogP contribution in [0.4, 0.5) is 0 Å². The van der Waals surface area contributed by atoms with E-state index in [0.717, 1.165) is 0 Å². The number of hydrogen-bond donors (Lipinski definition) is 5. The van der Waals surface area contributed by atoms with Gasteiger partial charge in [0.25, 0.3) is 0 Å². The van der Waals surface area contributed by atoms with Gasteiger partial charge in [-0.05, 0) is 17.7 Å². The van der Waals surface area contributed by atoms with Crippen LogP contribution in [0.25, 0.3) is 22.1 Å². The molecule has 0 amide bonds. The van der Waals surface area contributed by atoms with Gasteiger partial charge >= 0.3 is 5.97 Å². The molecule has 0 bridgehead atoms. The standard InChI is InChI=1S/C21H20O9/c22-9-16-18(24)19(25)20(26)21(27,30-16)29-12-6-7-13-15(8-12)28-10-14(17(13)23)11-4-2-1-3-5-11/h1-8,10,16,18-20,22,24-27H,9H2/t16-,18-,19+,20-,21+/m0/s1. The molecule has 0 unspecified atom stereocenters. The molecular formula is C21H20O9. The monoisotopic (exact) mass is 416 g/mol. The van der Waals surface area contributed by atoms with Gasteiger partial charge in [0.2, 0.25) is 0 Å². The Hall–Kier alpha value is -2.79. The summed E-state index contributed by atoms with van der Waals surface area (Å²) in [5.41, 5.74) is 0.972. The lowest BCUT2D eigenvalue weighted by Gasteiger charge is -2.44. The van der Waals surface area contributed by atoms with Gasteiger partial charge in [0.15, 0.2) is 11.5 Å². The van der Waals surface area contributed by atoms with Gasteiger partial charge in [-0.3, -0.25) is 4.79 Å². The van der Waals surface area contributed by atoms with Crippen LogP contribution < -0.4 is 10.2 Å². The van der Waals surface area contributed by atoms with Crippen LogP contribution in [0, 0.1) is 0 Å². The van der Waals surface area contributed by atoms with E-state index in [-0.39, 0.29) is 22.1 Å². The number of rotatable bonds is 4. The fraction of sp³-hybridized carbons (Fsp3) is 0.286. The molecule has 3 aromatic rings. The van der Waals surface area contributed by atoms with Crippen molar-refractivity contribution in [3.8, 4) is 16.9 Å². The molecule has 4 rings (SSSR count). The average Bonchev–Trinajstić information content (AvgIpc) is 2.76. The van der Waals surface area contributed by atoms with E-state index in [1.165, 1.54) is 24.5 Å². The molecule has 0 spiro atoms. The first-order valence-electron chi connectivity index (χ1n) is 9.19. The first-order chi connectivity index (χ1) is 14.3. The van der Waals surface area contributed by atoms with Crippen molar-refractivity contribution < 1.29 is 39.4 Å². The highest BCUT2D eigenvalue weighted by Gasteiger charge is 2.55. The summed E-state index contributed by atoms with van der Waals surface area (Å²) < 4.78 is 15.9. The van der Waals surface area contributed by atoms with Gasteiger partial charge in [-0.25, -0.2) is 0 Å². The van der Waals surface area contributed by atoms with E-state index in [2.05, 4.69) is 0 Å². The summed E-state index contributed by atoms with van der Waals surface area (Å²) in [6.07, 6.45) is -5.56. The Morgan fingerprint density at radius 2 is 1.77 bits per heavy atom. The lowest BCUT2D eigenvalue weighted by atomic mass is 9.98. The van der Waals surface area contributed by atoms with E-state index in [0.29, 0.717) is 11.1 Å². The Morgan fingerprint density at radius 3 is 2.47 bits per heavy atom. The Kier molecular flexibility index (Phi) is 5.33. The van der Waals surface area contributed by atoms with Crippen molar-refractivity contribution in [1.29, 1.82) is 0 Å². The fourth-order valence-electron chi connectivity index (χ4n) is 3.37. The number of aliphatic hydroxyl groups excluding tert-OH is 4. The van der Waals surface area contributed by atoms with Crippen LogP contribution in [0.2, 0.25) is 0 Å². The van der Waals surface area contributed by atoms with Gasteiger partial charge in [-0.1, -0.05) is 30.3 Å². The third-order valence-corrected chi connectivity index (χ3v) is 5.02. The third-order valence-electron chi connectivity index (χ3n) is 5.02. The van der Waals surface area contributed by atoms with Gasteiger partial charge in [-0.2, -0.15) is 0 Å². The third kappa shape index (κ3) is 3.47. The first-order valence-corrected chi connectivity index (χ1v) is 9.19. The highest BCUT2D eigenvalue weighted by Crippen LogP contribution is 2.32. The molecular weight excluding hydrogens is 396 g/mol.